The van der Waals surface area contributed by atoms with Crippen molar-refractivity contribution in [3.63, 3.8) is 0 Å². The molecule has 3 unspecified atom stereocenters. The zero-order valence-electron chi connectivity index (χ0n) is 6.59. The number of hydrogen-bond donors (Lipinski definition) is 0. The maximum Gasteiger partial charge on any atom is 0.151 e. The maximum atomic E-state index is 11.5. The summed E-state index contributed by atoms with van der Waals surface area (Å²) < 4.78 is 0. The van der Waals surface area contributed by atoms with Gasteiger partial charge >= 0.3 is 0 Å². The summed E-state index contributed by atoms with van der Waals surface area (Å²) in [5.74, 6) is 1.40. The molecule has 0 spiro atoms. The van der Waals surface area contributed by atoms with Crippen LogP contribution >= 0.6 is 15.9 Å². The topological polar surface area (TPSA) is 20.3 Å². The van der Waals surface area contributed by atoms with Gasteiger partial charge in [-0.25, -0.2) is 0 Å². The van der Waals surface area contributed by atoms with Crippen molar-refractivity contribution in [3.8, 4) is 0 Å². The van der Waals surface area contributed by atoms with Crippen LogP contribution in [0.15, 0.2) is 0 Å². The number of fused-ring (bicyclic) bond motifs is 1. The molecule has 3 atom stereocenters. The average molecular weight is 218 g/mol. The van der Waals surface area contributed by atoms with E-state index in [2.05, 4.69) is 27.9 Å². The molecule has 1 saturated heterocycles. The summed E-state index contributed by atoms with van der Waals surface area (Å²) in [5.41, 5.74) is 0. The fourth-order valence-electron chi connectivity index (χ4n) is 2.26. The lowest BCUT2D eigenvalue weighted by Crippen LogP contribution is -2.21. The molecule has 0 N–H and O–H groups in total. The summed E-state index contributed by atoms with van der Waals surface area (Å²) in [4.78, 5) is 13.9. The third-order valence-electron chi connectivity index (χ3n) is 2.81. The van der Waals surface area contributed by atoms with Crippen molar-refractivity contribution < 1.29 is 4.79 Å². The number of hydrogen-bond acceptors (Lipinski definition) is 2. The number of Topliss-reactive ketones (excluding diaryl/α,β-unsaturated/α-hetero) is 1. The van der Waals surface area contributed by atoms with Crippen molar-refractivity contribution in [2.24, 2.45) is 11.8 Å². The molecule has 62 valence electrons. The number of rotatable bonds is 0. The molecule has 1 saturated carbocycles. The lowest BCUT2D eigenvalue weighted by molar-refractivity contribution is -0.120. The Labute approximate surface area is 75.1 Å². The number of ketones is 1. The first-order chi connectivity index (χ1) is 5.18. The summed E-state index contributed by atoms with van der Waals surface area (Å²) in [5, 5.41) is 0. The van der Waals surface area contributed by atoms with Crippen LogP contribution in [0, 0.1) is 11.8 Å². The van der Waals surface area contributed by atoms with Gasteiger partial charge in [0.15, 0.2) is 5.78 Å². The van der Waals surface area contributed by atoms with Gasteiger partial charge in [0.05, 0.1) is 4.83 Å². The molecule has 0 amide bonds. The molecule has 2 nitrogen and oxygen atoms in total. The summed E-state index contributed by atoms with van der Waals surface area (Å²) >= 11 is 3.41. The zero-order chi connectivity index (χ0) is 8.01. The van der Waals surface area contributed by atoms with Crippen LogP contribution in [0.3, 0.4) is 0 Å². The molecule has 11 heavy (non-hydrogen) atoms. The molecule has 0 aromatic rings. The molecule has 2 aliphatic rings. The molecular weight excluding hydrogens is 206 g/mol. The van der Waals surface area contributed by atoms with E-state index in [0.717, 1.165) is 19.5 Å². The third-order valence-corrected chi connectivity index (χ3v) is 3.63. The fourth-order valence-corrected chi connectivity index (χ4v) is 3.08. The minimum atomic E-state index is 0.159. The molecule has 0 aromatic heterocycles. The van der Waals surface area contributed by atoms with Crippen LogP contribution in [0.5, 0.6) is 0 Å². The van der Waals surface area contributed by atoms with Crippen LogP contribution in [-0.4, -0.2) is 35.6 Å². The Morgan fingerprint density at radius 1 is 1.55 bits per heavy atom. The Kier molecular flexibility index (Phi) is 1.80. The highest BCUT2D eigenvalue weighted by Gasteiger charge is 2.45. The number of nitrogens with zero attached hydrogens (tertiary/aromatic N) is 1. The van der Waals surface area contributed by atoms with Gasteiger partial charge in [0.2, 0.25) is 0 Å². The van der Waals surface area contributed by atoms with Gasteiger partial charge in [-0.3, -0.25) is 4.79 Å². The van der Waals surface area contributed by atoms with Gasteiger partial charge in [-0.1, -0.05) is 15.9 Å². The van der Waals surface area contributed by atoms with Crippen LogP contribution in [-0.2, 0) is 4.79 Å². The van der Waals surface area contributed by atoms with E-state index >= 15 is 0 Å². The Hall–Kier alpha value is 0.110. The SMILES string of the molecule is CN1CC2CC(Br)C(=O)C2C1. The number of carbonyl (C=O) groups is 1. The van der Waals surface area contributed by atoms with Crippen molar-refractivity contribution >= 4 is 21.7 Å². The molecular formula is C8H12BrNO. The van der Waals surface area contributed by atoms with E-state index in [1.165, 1.54) is 0 Å². The van der Waals surface area contributed by atoms with Crippen molar-refractivity contribution in [1.29, 1.82) is 0 Å². The van der Waals surface area contributed by atoms with Crippen LogP contribution in [0.4, 0.5) is 0 Å². The highest BCUT2D eigenvalue weighted by atomic mass is 79.9. The summed E-state index contributed by atoms with van der Waals surface area (Å²) in [6.45, 7) is 2.09. The number of carbonyl (C=O) groups excluding carboxylic acids is 1. The number of alkyl halides is 1. The minimum absolute atomic E-state index is 0.159. The van der Waals surface area contributed by atoms with Gasteiger partial charge < -0.3 is 4.90 Å². The lowest BCUT2D eigenvalue weighted by Gasteiger charge is -2.08. The van der Waals surface area contributed by atoms with Crippen molar-refractivity contribution in [2.45, 2.75) is 11.2 Å². The second-order valence-electron chi connectivity index (χ2n) is 3.69. The van der Waals surface area contributed by atoms with Gasteiger partial charge in [-0.05, 0) is 19.4 Å². The van der Waals surface area contributed by atoms with Crippen LogP contribution in [0.25, 0.3) is 0 Å². The largest absolute Gasteiger partial charge is 0.305 e. The smallest absolute Gasteiger partial charge is 0.151 e. The maximum absolute atomic E-state index is 11.5. The first-order valence-corrected chi connectivity index (χ1v) is 4.96. The van der Waals surface area contributed by atoms with E-state index in [1.54, 1.807) is 0 Å². The standard InChI is InChI=1S/C8H12BrNO/c1-10-3-5-2-7(9)8(11)6(5)4-10/h5-7H,2-4H2,1H3. The molecule has 2 fully saturated rings. The van der Waals surface area contributed by atoms with E-state index in [0.29, 0.717) is 17.6 Å². The summed E-state index contributed by atoms with van der Waals surface area (Å²) in [7, 11) is 2.09. The highest BCUT2D eigenvalue weighted by molar-refractivity contribution is 9.10. The molecule has 2 rings (SSSR count). The van der Waals surface area contributed by atoms with Gasteiger partial charge in [0.1, 0.15) is 0 Å². The monoisotopic (exact) mass is 217 g/mol. The predicted molar refractivity (Wildman–Crippen MR) is 46.8 cm³/mol. The highest BCUT2D eigenvalue weighted by Crippen LogP contribution is 2.37. The molecule has 1 aliphatic heterocycles. The average Bonchev–Trinajstić information content (AvgIpc) is 2.37. The van der Waals surface area contributed by atoms with Gasteiger partial charge in [-0.15, -0.1) is 0 Å². The van der Waals surface area contributed by atoms with E-state index in [-0.39, 0.29) is 4.83 Å². The van der Waals surface area contributed by atoms with Crippen LogP contribution in [0.1, 0.15) is 6.42 Å². The number of likely N-dealkylation sites (tertiary alicyclic amines) is 1. The Morgan fingerprint density at radius 3 is 2.91 bits per heavy atom. The summed E-state index contributed by atoms with van der Waals surface area (Å²) in [6.07, 6.45) is 1.05. The lowest BCUT2D eigenvalue weighted by atomic mass is 10.0. The molecule has 0 radical (unpaired) electrons. The van der Waals surface area contributed by atoms with Crippen molar-refractivity contribution in [2.75, 3.05) is 20.1 Å². The van der Waals surface area contributed by atoms with E-state index in [9.17, 15) is 4.79 Å². The van der Waals surface area contributed by atoms with E-state index in [4.69, 9.17) is 0 Å². The Balaban J connectivity index is 2.13. The molecule has 0 bridgehead atoms. The van der Waals surface area contributed by atoms with Gasteiger partial charge in [0, 0.05) is 19.0 Å². The first-order valence-electron chi connectivity index (χ1n) is 4.05. The number of halogens is 1. The normalized spacial score (nSPS) is 44.9. The predicted octanol–water partition coefficient (Wildman–Crippen LogP) is 0.901. The van der Waals surface area contributed by atoms with E-state index < -0.39 is 0 Å². The minimum Gasteiger partial charge on any atom is -0.305 e. The van der Waals surface area contributed by atoms with Crippen molar-refractivity contribution in [3.05, 3.63) is 0 Å². The van der Waals surface area contributed by atoms with Crippen LogP contribution in [0.2, 0.25) is 0 Å². The first kappa shape index (κ1) is 7.74. The molecule has 1 heterocycles. The molecule has 3 heteroatoms. The Bertz CT molecular complexity index is 195. The second kappa shape index (κ2) is 2.56. The Morgan fingerprint density at radius 2 is 2.27 bits per heavy atom. The van der Waals surface area contributed by atoms with Gasteiger partial charge in [0.25, 0.3) is 0 Å². The zero-order valence-corrected chi connectivity index (χ0v) is 8.17. The van der Waals surface area contributed by atoms with Gasteiger partial charge in [-0.2, -0.15) is 0 Å². The molecule has 0 aromatic carbocycles. The fraction of sp³-hybridized carbons (Fsp3) is 0.875. The molecule has 1 aliphatic carbocycles. The van der Waals surface area contributed by atoms with Crippen molar-refractivity contribution in [1.82, 2.24) is 4.90 Å². The quantitative estimate of drug-likeness (QED) is 0.563. The van der Waals surface area contributed by atoms with E-state index in [1.807, 2.05) is 0 Å². The third kappa shape index (κ3) is 1.14. The summed E-state index contributed by atoms with van der Waals surface area (Å²) in [6, 6.07) is 0. The second-order valence-corrected chi connectivity index (χ2v) is 4.80. The van der Waals surface area contributed by atoms with Crippen LogP contribution < -0.4 is 0 Å².